The third-order valence-electron chi connectivity index (χ3n) is 5.15. The van der Waals surface area contributed by atoms with Gasteiger partial charge in [-0.15, -0.1) is 0 Å². The Bertz CT molecular complexity index is 194. The van der Waals surface area contributed by atoms with E-state index in [1.807, 2.05) is 0 Å². The van der Waals surface area contributed by atoms with Gasteiger partial charge in [-0.2, -0.15) is 0 Å². The van der Waals surface area contributed by atoms with Crippen molar-refractivity contribution in [2.75, 3.05) is 0 Å². The molecule has 0 aromatic carbocycles. The lowest BCUT2D eigenvalue weighted by Gasteiger charge is -2.45. The Kier molecular flexibility index (Phi) is 5.34. The lowest BCUT2D eigenvalue weighted by molar-refractivity contribution is 0.0429. The molecule has 2 unspecified atom stereocenters. The molecule has 0 aromatic rings. The van der Waals surface area contributed by atoms with Crippen LogP contribution in [0.25, 0.3) is 0 Å². The highest BCUT2D eigenvalue weighted by Crippen LogP contribution is 2.45. The van der Waals surface area contributed by atoms with E-state index >= 15 is 0 Å². The molecule has 0 spiro atoms. The summed E-state index contributed by atoms with van der Waals surface area (Å²) in [6.07, 6.45) is 5.70. The van der Waals surface area contributed by atoms with Crippen LogP contribution in [-0.4, -0.2) is 0 Å². The van der Waals surface area contributed by atoms with E-state index in [0.717, 1.165) is 35.5 Å². The quantitative estimate of drug-likeness (QED) is 0.601. The van der Waals surface area contributed by atoms with Crippen LogP contribution < -0.4 is 0 Å². The smallest absolute Gasteiger partial charge is 0.0334 e. The second kappa shape index (κ2) is 6.07. The van der Waals surface area contributed by atoms with E-state index in [2.05, 4.69) is 41.5 Å². The lowest BCUT2D eigenvalue weighted by Crippen LogP contribution is -2.37. The predicted octanol–water partition coefficient (Wildman–Crippen LogP) is 5.38. The molecule has 0 radical (unpaired) electrons. The summed E-state index contributed by atoms with van der Waals surface area (Å²) < 4.78 is 0. The highest BCUT2D eigenvalue weighted by molar-refractivity contribution is 4.87. The third kappa shape index (κ3) is 3.02. The fourth-order valence-electron chi connectivity index (χ4n) is 4.38. The second-order valence-corrected chi connectivity index (χ2v) is 6.66. The normalized spacial score (nSPS) is 37.7. The van der Waals surface area contributed by atoms with Gasteiger partial charge in [0.1, 0.15) is 0 Å². The molecular weight excluding hydrogens is 192 g/mol. The molecule has 0 heteroatoms. The monoisotopic (exact) mass is 224 g/mol. The number of rotatable bonds is 4. The molecule has 1 aliphatic rings. The summed E-state index contributed by atoms with van der Waals surface area (Å²) in [5.41, 5.74) is 0. The first-order valence-electron chi connectivity index (χ1n) is 7.49. The van der Waals surface area contributed by atoms with Crippen molar-refractivity contribution in [3.63, 3.8) is 0 Å². The van der Waals surface area contributed by atoms with E-state index in [1.165, 1.54) is 25.7 Å². The third-order valence-corrected chi connectivity index (χ3v) is 5.15. The van der Waals surface area contributed by atoms with Gasteiger partial charge in [-0.1, -0.05) is 60.8 Å². The van der Waals surface area contributed by atoms with Crippen molar-refractivity contribution in [1.82, 2.24) is 0 Å². The molecule has 1 fully saturated rings. The summed E-state index contributed by atoms with van der Waals surface area (Å²) >= 11 is 0. The van der Waals surface area contributed by atoms with Gasteiger partial charge in [0.15, 0.2) is 0 Å². The van der Waals surface area contributed by atoms with Gasteiger partial charge in [0, 0.05) is 0 Å². The minimum absolute atomic E-state index is 0.874. The summed E-state index contributed by atoms with van der Waals surface area (Å²) in [6, 6.07) is 0. The molecule has 0 heterocycles. The predicted molar refractivity (Wildman–Crippen MR) is 73.5 cm³/mol. The van der Waals surface area contributed by atoms with Crippen LogP contribution in [0.2, 0.25) is 0 Å². The first-order chi connectivity index (χ1) is 7.49. The van der Waals surface area contributed by atoms with Crippen molar-refractivity contribution in [3.8, 4) is 0 Å². The molecule has 96 valence electrons. The Balaban J connectivity index is 2.71. The van der Waals surface area contributed by atoms with E-state index in [1.54, 1.807) is 0 Å². The van der Waals surface area contributed by atoms with E-state index in [-0.39, 0.29) is 0 Å². The van der Waals surface area contributed by atoms with E-state index in [4.69, 9.17) is 0 Å². The first kappa shape index (κ1) is 14.1. The van der Waals surface area contributed by atoms with E-state index in [0.29, 0.717) is 0 Å². The molecule has 0 amide bonds. The zero-order chi connectivity index (χ0) is 12.3. The van der Waals surface area contributed by atoms with Crippen LogP contribution in [0.1, 0.15) is 67.2 Å². The minimum atomic E-state index is 0.874. The minimum Gasteiger partial charge on any atom is -0.0654 e. The summed E-state index contributed by atoms with van der Waals surface area (Å²) in [6.45, 7) is 14.7. The number of hydrogen-bond acceptors (Lipinski definition) is 0. The fourth-order valence-corrected chi connectivity index (χ4v) is 4.38. The maximum atomic E-state index is 2.52. The molecule has 5 atom stereocenters. The van der Waals surface area contributed by atoms with Gasteiger partial charge in [0.05, 0.1) is 0 Å². The molecule has 0 aliphatic heterocycles. The van der Waals surface area contributed by atoms with Crippen LogP contribution >= 0.6 is 0 Å². The van der Waals surface area contributed by atoms with Gasteiger partial charge in [-0.25, -0.2) is 0 Å². The number of hydrogen-bond donors (Lipinski definition) is 0. The van der Waals surface area contributed by atoms with Crippen LogP contribution in [0.3, 0.4) is 0 Å². The van der Waals surface area contributed by atoms with Crippen LogP contribution in [0.4, 0.5) is 0 Å². The van der Waals surface area contributed by atoms with Crippen LogP contribution in [0, 0.1) is 35.5 Å². The van der Waals surface area contributed by atoms with Crippen molar-refractivity contribution >= 4 is 0 Å². The summed E-state index contributed by atoms with van der Waals surface area (Å²) in [5.74, 6) is 5.63. The molecule has 1 rings (SSSR count). The van der Waals surface area contributed by atoms with Gasteiger partial charge >= 0.3 is 0 Å². The Morgan fingerprint density at radius 3 is 2.19 bits per heavy atom. The highest BCUT2D eigenvalue weighted by atomic mass is 14.4. The van der Waals surface area contributed by atoms with Crippen LogP contribution in [0.15, 0.2) is 0 Å². The van der Waals surface area contributed by atoms with E-state index in [9.17, 15) is 0 Å². The van der Waals surface area contributed by atoms with Crippen molar-refractivity contribution in [2.24, 2.45) is 35.5 Å². The van der Waals surface area contributed by atoms with Gasteiger partial charge < -0.3 is 0 Å². The van der Waals surface area contributed by atoms with Crippen LogP contribution in [0.5, 0.6) is 0 Å². The highest BCUT2D eigenvalue weighted by Gasteiger charge is 2.38. The average molecular weight is 224 g/mol. The Hall–Kier alpha value is 0. The van der Waals surface area contributed by atoms with Crippen LogP contribution in [-0.2, 0) is 0 Å². The summed E-state index contributed by atoms with van der Waals surface area (Å²) in [7, 11) is 0. The average Bonchev–Trinajstić information content (AvgIpc) is 2.17. The summed E-state index contributed by atoms with van der Waals surface area (Å²) in [5, 5.41) is 0. The van der Waals surface area contributed by atoms with Gasteiger partial charge in [0.2, 0.25) is 0 Å². The zero-order valence-corrected chi connectivity index (χ0v) is 12.3. The standard InChI is InChI=1S/C16H32/c1-7-8-12(4)16-13(5)9-10-15(11(2)3)14(16)6/h11-16H,7-10H2,1-6H3/t12?,13-,14+,15?,16-/m0/s1. The van der Waals surface area contributed by atoms with Gasteiger partial charge in [-0.05, 0) is 41.9 Å². The SMILES string of the molecule is CCCC(C)[C@@H]1[C@H](C)C(C(C)C)CC[C@@H]1C. The topological polar surface area (TPSA) is 0 Å². The van der Waals surface area contributed by atoms with E-state index < -0.39 is 0 Å². The Labute approximate surface area is 103 Å². The van der Waals surface area contributed by atoms with Gasteiger partial charge in [-0.3, -0.25) is 0 Å². The lowest BCUT2D eigenvalue weighted by atomic mass is 9.60. The summed E-state index contributed by atoms with van der Waals surface area (Å²) in [4.78, 5) is 0. The maximum absolute atomic E-state index is 2.52. The molecule has 0 aromatic heterocycles. The Morgan fingerprint density at radius 2 is 1.69 bits per heavy atom. The molecule has 0 nitrogen and oxygen atoms in total. The zero-order valence-electron chi connectivity index (χ0n) is 12.3. The fraction of sp³-hybridized carbons (Fsp3) is 1.00. The molecule has 1 saturated carbocycles. The van der Waals surface area contributed by atoms with Crippen molar-refractivity contribution in [1.29, 1.82) is 0 Å². The maximum Gasteiger partial charge on any atom is -0.0334 e. The first-order valence-corrected chi connectivity index (χ1v) is 7.49. The van der Waals surface area contributed by atoms with Gasteiger partial charge in [0.25, 0.3) is 0 Å². The molecule has 0 saturated heterocycles. The molecule has 0 N–H and O–H groups in total. The molecule has 16 heavy (non-hydrogen) atoms. The largest absolute Gasteiger partial charge is 0.0654 e. The van der Waals surface area contributed by atoms with Crippen molar-refractivity contribution in [3.05, 3.63) is 0 Å². The molecule has 0 bridgehead atoms. The second-order valence-electron chi connectivity index (χ2n) is 6.66. The molecular formula is C16H32. The van der Waals surface area contributed by atoms with Crippen molar-refractivity contribution in [2.45, 2.75) is 67.2 Å². The molecule has 1 aliphatic carbocycles. The Morgan fingerprint density at radius 1 is 1.06 bits per heavy atom. The van der Waals surface area contributed by atoms with Crippen molar-refractivity contribution < 1.29 is 0 Å².